The molecular weight excluding hydrogens is 923 g/mol. The first kappa shape index (κ1) is 48.4. The molecule has 3 nitrogen and oxygen atoms in total. The second-order valence-electron chi connectivity index (χ2n) is 12.7. The lowest BCUT2D eigenvalue weighted by Gasteiger charge is -2.44. The summed E-state index contributed by atoms with van der Waals surface area (Å²) in [6, 6.07) is 6.11. The Morgan fingerprint density at radius 1 is 0.410 bits per heavy atom. The van der Waals surface area contributed by atoms with Gasteiger partial charge in [-0.1, -0.05) is 0 Å². The van der Waals surface area contributed by atoms with E-state index in [1.54, 1.807) is 12.1 Å². The first-order valence-electron chi connectivity index (χ1n) is 15.6. The van der Waals surface area contributed by atoms with Crippen molar-refractivity contribution < 1.29 is 101 Å². The molecule has 5 aromatic carbocycles. The Morgan fingerprint density at radius 3 is 0.787 bits per heavy atom. The van der Waals surface area contributed by atoms with Gasteiger partial charge in [0, 0.05) is 11.8 Å². The van der Waals surface area contributed by atoms with Crippen LogP contribution in [0.3, 0.4) is 0 Å². The highest BCUT2D eigenvalue weighted by atomic mass is 32.2. The molecule has 0 heterocycles. The van der Waals surface area contributed by atoms with Crippen molar-refractivity contribution in [2.45, 2.75) is 4.90 Å². The molecule has 61 heavy (non-hydrogen) atoms. The zero-order valence-electron chi connectivity index (χ0n) is 29.7. The maximum atomic E-state index is 15.4. The van der Waals surface area contributed by atoms with Gasteiger partial charge in [-0.2, -0.15) is 0 Å². The predicted molar refractivity (Wildman–Crippen MR) is 177 cm³/mol. The summed E-state index contributed by atoms with van der Waals surface area (Å²) >= 11 is 0. The quantitative estimate of drug-likeness (QED) is 0.0421. The largest absolute Gasteiger partial charge is 0.289 e. The molecular formula is C35H15BF20O3S2. The van der Waals surface area contributed by atoms with E-state index in [4.69, 9.17) is 0 Å². The maximum absolute atomic E-state index is 15.4. The van der Waals surface area contributed by atoms with Crippen molar-refractivity contribution in [3.63, 3.8) is 0 Å². The van der Waals surface area contributed by atoms with Crippen LogP contribution >= 0.6 is 0 Å². The minimum absolute atomic E-state index is 0.0633. The molecule has 0 aliphatic heterocycles. The fourth-order valence-corrected chi connectivity index (χ4v) is 7.43. The number of carbonyl (C=O) groups is 1. The Labute approximate surface area is 330 Å². The molecule has 0 unspecified atom stereocenters. The van der Waals surface area contributed by atoms with Crippen molar-refractivity contribution >= 4 is 54.5 Å². The van der Waals surface area contributed by atoms with Crippen LogP contribution in [0.1, 0.15) is 10.4 Å². The standard InChI is InChI=1S/C24BF20.C11H15O3S2/c26-5-1(6(27)14(35)21(42)13(5)34)25(2-7(28)15(36)22(43)16(37)8(2)29,3-9(30)17(38)23(44)18(39)10(3)31)4-11(32)19(40)24(45)20(41)12(4)33;1-15(2)8-11(12)9-4-6-10(7-5-9)16(3,13)14/h;4-7H,8H2,1-3H3/q-1;+1. The fourth-order valence-electron chi connectivity index (χ4n) is 6.11. The summed E-state index contributed by atoms with van der Waals surface area (Å²) in [5, 5.41) is 0. The van der Waals surface area contributed by atoms with Crippen LogP contribution in [-0.2, 0) is 20.7 Å². The minimum atomic E-state index is -7.22. The second kappa shape index (κ2) is 17.2. The van der Waals surface area contributed by atoms with Crippen LogP contribution in [0.5, 0.6) is 0 Å². The van der Waals surface area contributed by atoms with Crippen LogP contribution in [0.4, 0.5) is 87.8 Å². The minimum Gasteiger partial charge on any atom is -0.289 e. The van der Waals surface area contributed by atoms with Crippen LogP contribution in [0.15, 0.2) is 29.2 Å². The molecule has 26 heteroatoms. The molecule has 0 atom stereocenters. The van der Waals surface area contributed by atoms with Gasteiger partial charge in [0.2, 0.25) is 5.78 Å². The predicted octanol–water partition coefficient (Wildman–Crippen LogP) is 7.00. The lowest BCUT2D eigenvalue weighted by atomic mass is 9.12. The summed E-state index contributed by atoms with van der Waals surface area (Å²) in [6.45, 7) is 0. The molecule has 0 amide bonds. The van der Waals surface area contributed by atoms with Crippen LogP contribution in [0, 0.1) is 116 Å². The maximum Gasteiger partial charge on any atom is 0.211 e. The number of benzene rings is 5. The number of hydrogen-bond donors (Lipinski definition) is 0. The van der Waals surface area contributed by atoms with E-state index in [2.05, 4.69) is 0 Å². The molecule has 0 fully saturated rings. The Morgan fingerprint density at radius 2 is 0.607 bits per heavy atom. The molecule has 0 bridgehead atoms. The summed E-state index contributed by atoms with van der Waals surface area (Å²) in [7, 11) is -3.11. The summed E-state index contributed by atoms with van der Waals surface area (Å²) in [5.74, 6) is -70.8. The summed E-state index contributed by atoms with van der Waals surface area (Å²) in [5.41, 5.74) is -13.8. The van der Waals surface area contributed by atoms with Gasteiger partial charge in [0.15, 0.2) is 85.4 Å². The van der Waals surface area contributed by atoms with Crippen LogP contribution < -0.4 is 21.9 Å². The first-order valence-corrected chi connectivity index (χ1v) is 19.7. The van der Waals surface area contributed by atoms with Gasteiger partial charge < -0.3 is 0 Å². The van der Waals surface area contributed by atoms with E-state index in [0.717, 1.165) is 6.26 Å². The average Bonchev–Trinajstić information content (AvgIpc) is 3.20. The highest BCUT2D eigenvalue weighted by Gasteiger charge is 2.52. The number of Topliss-reactive ketones (excluding diaryl/α,β-unsaturated/α-hetero) is 1. The number of hydrogen-bond acceptors (Lipinski definition) is 3. The van der Waals surface area contributed by atoms with E-state index in [-0.39, 0.29) is 21.6 Å². The topological polar surface area (TPSA) is 51.2 Å². The monoisotopic (exact) mass is 938 g/mol. The lowest BCUT2D eigenvalue weighted by molar-refractivity contribution is 0.102. The summed E-state index contributed by atoms with van der Waals surface area (Å²) < 4.78 is 316. The fraction of sp³-hybridized carbons (Fsp3) is 0.114. The Kier molecular flexibility index (Phi) is 13.7. The van der Waals surface area contributed by atoms with E-state index < -0.39 is 154 Å². The molecule has 0 aromatic heterocycles. The van der Waals surface area contributed by atoms with Crippen molar-refractivity contribution in [2.75, 3.05) is 24.5 Å². The van der Waals surface area contributed by atoms with Crippen molar-refractivity contribution in [2.24, 2.45) is 0 Å². The third kappa shape index (κ3) is 7.91. The molecule has 5 aromatic rings. The lowest BCUT2D eigenvalue weighted by Crippen LogP contribution is -2.81. The van der Waals surface area contributed by atoms with Crippen LogP contribution in [-0.4, -0.2) is 44.9 Å². The van der Waals surface area contributed by atoms with Crippen LogP contribution in [0.25, 0.3) is 0 Å². The van der Waals surface area contributed by atoms with Gasteiger partial charge in [0.25, 0.3) is 0 Å². The Hall–Kier alpha value is -5.27. The molecule has 5 rings (SSSR count). The molecule has 0 radical (unpaired) electrons. The van der Waals surface area contributed by atoms with Gasteiger partial charge in [0.1, 0.15) is 52.7 Å². The molecule has 0 N–H and O–H groups in total. The normalized spacial score (nSPS) is 11.9. The van der Waals surface area contributed by atoms with E-state index in [1.165, 1.54) is 12.1 Å². The Balaban J connectivity index is 0.000000430. The van der Waals surface area contributed by atoms with Gasteiger partial charge >= 0.3 is 0 Å². The van der Waals surface area contributed by atoms with Crippen molar-refractivity contribution in [3.8, 4) is 0 Å². The highest BCUT2D eigenvalue weighted by molar-refractivity contribution is 7.96. The number of halogens is 20. The smallest absolute Gasteiger partial charge is 0.211 e. The van der Waals surface area contributed by atoms with Gasteiger partial charge in [-0.15, -0.1) is 21.9 Å². The van der Waals surface area contributed by atoms with Gasteiger partial charge in [-0.3, -0.25) is 4.79 Å². The molecule has 0 spiro atoms. The molecule has 0 saturated heterocycles. The number of carbonyl (C=O) groups excluding carboxylic acids is 1. The second-order valence-corrected chi connectivity index (χ2v) is 16.9. The third-order valence-corrected chi connectivity index (χ3v) is 10.7. The zero-order valence-corrected chi connectivity index (χ0v) is 31.3. The van der Waals surface area contributed by atoms with Crippen molar-refractivity contribution in [3.05, 3.63) is 146 Å². The van der Waals surface area contributed by atoms with E-state index in [1.807, 2.05) is 12.5 Å². The number of ketones is 1. The third-order valence-electron chi connectivity index (χ3n) is 8.73. The highest BCUT2D eigenvalue weighted by Crippen LogP contribution is 2.30. The Bertz CT molecular complexity index is 2360. The van der Waals surface area contributed by atoms with Gasteiger partial charge in [0.05, 0.1) is 17.4 Å². The van der Waals surface area contributed by atoms with Gasteiger partial charge in [-0.05, 0) is 35.2 Å². The molecule has 328 valence electrons. The van der Waals surface area contributed by atoms with E-state index in [9.17, 15) is 65.9 Å². The summed E-state index contributed by atoms with van der Waals surface area (Å²) in [6.07, 6.45) is -2.06. The van der Waals surface area contributed by atoms with Crippen LogP contribution in [0.2, 0.25) is 0 Å². The average molecular weight is 938 g/mol. The number of sulfone groups is 1. The zero-order chi connectivity index (χ0) is 46.7. The molecule has 0 aliphatic rings. The van der Waals surface area contributed by atoms with E-state index in [0.29, 0.717) is 11.3 Å². The van der Waals surface area contributed by atoms with Crippen molar-refractivity contribution in [1.29, 1.82) is 0 Å². The van der Waals surface area contributed by atoms with Gasteiger partial charge in [-0.25, -0.2) is 96.2 Å². The van der Waals surface area contributed by atoms with Crippen molar-refractivity contribution in [1.82, 2.24) is 0 Å². The first-order chi connectivity index (χ1) is 28.0. The SMILES string of the molecule is C[S+](C)CC(=O)c1ccc(S(C)(=O)=O)cc1.Fc1c(F)c(F)c([B-](c2c(F)c(F)c(F)c(F)c2F)(c2c(F)c(F)c(F)c(F)c2F)c2c(F)c(F)c(F)c(F)c2F)c(F)c1F. The molecule has 0 aliphatic carbocycles. The number of rotatable bonds is 8. The molecule has 0 saturated carbocycles. The van der Waals surface area contributed by atoms with E-state index >= 15 is 35.1 Å². The summed E-state index contributed by atoms with van der Waals surface area (Å²) in [4.78, 5) is 11.9.